The van der Waals surface area contributed by atoms with E-state index in [1.165, 1.54) is 0 Å². The molecule has 0 aliphatic carbocycles. The summed E-state index contributed by atoms with van der Waals surface area (Å²) >= 11 is 0. The zero-order valence-electron chi connectivity index (χ0n) is 13.8. The van der Waals surface area contributed by atoms with E-state index in [-0.39, 0.29) is 0 Å². The molecule has 5 aromatic heterocycles. The van der Waals surface area contributed by atoms with Gasteiger partial charge in [-0.25, -0.2) is 19.5 Å². The van der Waals surface area contributed by atoms with Crippen molar-refractivity contribution in [1.29, 1.82) is 0 Å². The third-order valence-electron chi connectivity index (χ3n) is 4.01. The first-order chi connectivity index (χ1) is 12.8. The predicted octanol–water partition coefficient (Wildman–Crippen LogP) is 2.21. The molecule has 26 heavy (non-hydrogen) atoms. The van der Waals surface area contributed by atoms with Gasteiger partial charge in [0.15, 0.2) is 5.65 Å². The summed E-state index contributed by atoms with van der Waals surface area (Å²) in [4.78, 5) is 17.3. The lowest BCUT2D eigenvalue weighted by molar-refractivity contribution is 0.768. The molecule has 5 aromatic rings. The molecule has 0 aliphatic heterocycles. The molecule has 0 aliphatic rings. The highest BCUT2D eigenvalue weighted by Gasteiger charge is 2.10. The van der Waals surface area contributed by atoms with Crippen molar-refractivity contribution < 1.29 is 0 Å². The van der Waals surface area contributed by atoms with Crippen molar-refractivity contribution in [2.45, 2.75) is 0 Å². The van der Waals surface area contributed by atoms with Gasteiger partial charge in [-0.3, -0.25) is 9.67 Å². The summed E-state index contributed by atoms with van der Waals surface area (Å²) in [6, 6.07) is 3.95. The summed E-state index contributed by atoms with van der Waals surface area (Å²) in [5.74, 6) is 0.496. The standard InChI is InChI=1S/C17H13N9/c1-25-10-12(8-22-25)23-17-21-9-15-13(2-5-26(15)24-17)11-6-14-16(20-7-11)19-4-3-18-14/h2-10H,1H3,(H,23,24). The molecule has 0 saturated heterocycles. The highest BCUT2D eigenvalue weighted by molar-refractivity contribution is 5.84. The van der Waals surface area contributed by atoms with Crippen LogP contribution < -0.4 is 5.32 Å². The third-order valence-corrected chi connectivity index (χ3v) is 4.01. The fraction of sp³-hybridized carbons (Fsp3) is 0.0588. The highest BCUT2D eigenvalue weighted by Crippen LogP contribution is 2.26. The average molecular weight is 343 g/mol. The van der Waals surface area contributed by atoms with Crippen LogP contribution in [0.25, 0.3) is 27.8 Å². The van der Waals surface area contributed by atoms with E-state index in [9.17, 15) is 0 Å². The number of aromatic nitrogens is 8. The van der Waals surface area contributed by atoms with E-state index < -0.39 is 0 Å². The molecule has 5 heterocycles. The second-order valence-corrected chi connectivity index (χ2v) is 5.79. The Kier molecular flexibility index (Phi) is 3.11. The zero-order chi connectivity index (χ0) is 17.5. The van der Waals surface area contributed by atoms with Gasteiger partial charge >= 0.3 is 0 Å². The first-order valence-corrected chi connectivity index (χ1v) is 7.93. The Bertz CT molecular complexity index is 1240. The monoisotopic (exact) mass is 343 g/mol. The molecule has 0 fully saturated rings. The minimum absolute atomic E-state index is 0.496. The topological polar surface area (TPSA) is 98.7 Å². The molecule has 9 heteroatoms. The smallest absolute Gasteiger partial charge is 0.245 e. The Morgan fingerprint density at radius 2 is 1.92 bits per heavy atom. The van der Waals surface area contributed by atoms with Crippen molar-refractivity contribution in [2.24, 2.45) is 7.05 Å². The molecule has 0 bridgehead atoms. The molecule has 126 valence electrons. The summed E-state index contributed by atoms with van der Waals surface area (Å²) in [6.45, 7) is 0. The Morgan fingerprint density at radius 1 is 1.00 bits per heavy atom. The van der Waals surface area contributed by atoms with Crippen molar-refractivity contribution in [3.63, 3.8) is 0 Å². The van der Waals surface area contributed by atoms with Crippen LogP contribution in [0.4, 0.5) is 11.6 Å². The summed E-state index contributed by atoms with van der Waals surface area (Å²) in [6.07, 6.45) is 12.3. The first-order valence-electron chi connectivity index (χ1n) is 7.93. The second kappa shape index (κ2) is 5.59. The van der Waals surface area contributed by atoms with Crippen molar-refractivity contribution in [3.8, 4) is 11.1 Å². The molecule has 0 saturated carbocycles. The number of anilines is 2. The second-order valence-electron chi connectivity index (χ2n) is 5.79. The quantitative estimate of drug-likeness (QED) is 0.536. The molecule has 0 radical (unpaired) electrons. The van der Waals surface area contributed by atoms with Gasteiger partial charge in [0.2, 0.25) is 5.95 Å². The number of rotatable bonds is 3. The van der Waals surface area contributed by atoms with E-state index in [0.717, 1.165) is 27.8 Å². The average Bonchev–Trinajstić information content (AvgIpc) is 3.27. The van der Waals surface area contributed by atoms with Crippen molar-refractivity contribution in [1.82, 2.24) is 39.3 Å². The summed E-state index contributed by atoms with van der Waals surface area (Å²) in [5.41, 5.74) is 5.01. The van der Waals surface area contributed by atoms with E-state index in [0.29, 0.717) is 11.6 Å². The molecule has 0 unspecified atom stereocenters. The maximum atomic E-state index is 4.50. The van der Waals surface area contributed by atoms with Crippen molar-refractivity contribution in [2.75, 3.05) is 5.32 Å². The van der Waals surface area contributed by atoms with Crippen LogP contribution in [-0.4, -0.2) is 39.3 Å². The first kappa shape index (κ1) is 14.5. The van der Waals surface area contributed by atoms with Crippen LogP contribution in [0.2, 0.25) is 0 Å². The largest absolute Gasteiger partial charge is 0.320 e. The molecule has 5 rings (SSSR count). The number of nitrogens with one attached hydrogen (secondary N) is 1. The van der Waals surface area contributed by atoms with Gasteiger partial charge in [-0.2, -0.15) is 5.10 Å². The van der Waals surface area contributed by atoms with Gasteiger partial charge in [-0.1, -0.05) is 0 Å². The van der Waals surface area contributed by atoms with Crippen LogP contribution >= 0.6 is 0 Å². The molecular weight excluding hydrogens is 330 g/mol. The maximum absolute atomic E-state index is 4.50. The van der Waals surface area contributed by atoms with Crippen LogP contribution in [0.15, 0.2) is 55.5 Å². The third kappa shape index (κ3) is 2.42. The van der Waals surface area contributed by atoms with Crippen LogP contribution in [0.1, 0.15) is 0 Å². The van der Waals surface area contributed by atoms with Crippen LogP contribution in [0.3, 0.4) is 0 Å². The van der Waals surface area contributed by atoms with Gasteiger partial charge in [-0.15, -0.1) is 5.10 Å². The normalized spacial score (nSPS) is 11.3. The molecule has 9 nitrogen and oxygen atoms in total. The Morgan fingerprint density at radius 3 is 2.81 bits per heavy atom. The van der Waals surface area contributed by atoms with Crippen LogP contribution in [0, 0.1) is 0 Å². The minimum atomic E-state index is 0.496. The van der Waals surface area contributed by atoms with Gasteiger partial charge in [0.1, 0.15) is 5.52 Å². The Labute approximate surface area is 147 Å². The van der Waals surface area contributed by atoms with E-state index in [2.05, 4.69) is 35.5 Å². The Hall–Kier alpha value is -3.88. The lowest BCUT2D eigenvalue weighted by atomic mass is 10.1. The number of nitrogens with zero attached hydrogens (tertiary/aromatic N) is 8. The zero-order valence-corrected chi connectivity index (χ0v) is 13.8. The fourth-order valence-electron chi connectivity index (χ4n) is 2.82. The van der Waals surface area contributed by atoms with Crippen LogP contribution in [0.5, 0.6) is 0 Å². The van der Waals surface area contributed by atoms with Gasteiger partial charge in [0.05, 0.1) is 23.6 Å². The highest BCUT2D eigenvalue weighted by atomic mass is 15.3. The molecule has 1 N–H and O–H groups in total. The van der Waals surface area contributed by atoms with Crippen LogP contribution in [-0.2, 0) is 7.05 Å². The van der Waals surface area contributed by atoms with Crippen molar-refractivity contribution >= 4 is 28.3 Å². The predicted molar refractivity (Wildman–Crippen MR) is 95.8 cm³/mol. The molecular formula is C17H13N9. The van der Waals surface area contributed by atoms with Gasteiger partial charge in [-0.05, 0) is 12.1 Å². The molecule has 0 amide bonds. The van der Waals surface area contributed by atoms with E-state index in [4.69, 9.17) is 0 Å². The lowest BCUT2D eigenvalue weighted by Gasteiger charge is -2.04. The number of aryl methyl sites for hydroxylation is 1. The number of fused-ring (bicyclic) bond motifs is 2. The lowest BCUT2D eigenvalue weighted by Crippen LogP contribution is -2.00. The fourth-order valence-corrected chi connectivity index (χ4v) is 2.82. The molecule has 0 aromatic carbocycles. The Balaban J connectivity index is 1.54. The summed E-state index contributed by atoms with van der Waals surface area (Å²) < 4.78 is 3.49. The minimum Gasteiger partial charge on any atom is -0.320 e. The number of hydrogen-bond acceptors (Lipinski definition) is 7. The van der Waals surface area contributed by atoms with Crippen molar-refractivity contribution in [3.05, 3.63) is 55.5 Å². The number of hydrogen-bond donors (Lipinski definition) is 1. The van der Waals surface area contributed by atoms with Gasteiger partial charge in [0, 0.05) is 49.2 Å². The maximum Gasteiger partial charge on any atom is 0.245 e. The summed E-state index contributed by atoms with van der Waals surface area (Å²) in [7, 11) is 1.86. The van der Waals surface area contributed by atoms with E-state index >= 15 is 0 Å². The SMILES string of the molecule is Cn1cc(Nc2ncc3c(-c4cnc5nccnc5c4)ccn3n2)cn1. The molecule has 0 atom stereocenters. The van der Waals surface area contributed by atoms with Gasteiger partial charge in [0.25, 0.3) is 0 Å². The van der Waals surface area contributed by atoms with Gasteiger partial charge < -0.3 is 5.32 Å². The molecule has 0 spiro atoms. The van der Waals surface area contributed by atoms with E-state index in [1.54, 1.807) is 40.2 Å². The van der Waals surface area contributed by atoms with E-state index in [1.807, 2.05) is 31.6 Å². The number of pyridine rings is 1. The summed E-state index contributed by atoms with van der Waals surface area (Å²) in [5, 5.41) is 11.7.